The highest BCUT2D eigenvalue weighted by Crippen LogP contribution is 2.22. The first-order valence-electron chi connectivity index (χ1n) is 7.75. The summed E-state index contributed by atoms with van der Waals surface area (Å²) in [7, 11) is 1.60. The lowest BCUT2D eigenvalue weighted by Gasteiger charge is -2.26. The second-order valence-electron chi connectivity index (χ2n) is 5.55. The van der Waals surface area contributed by atoms with Gasteiger partial charge in [-0.15, -0.1) is 0 Å². The molecule has 1 atom stereocenters. The molecule has 0 aliphatic carbocycles. The molecule has 21 heavy (non-hydrogen) atoms. The fourth-order valence-corrected chi connectivity index (χ4v) is 3.19. The Labute approximate surface area is 127 Å². The number of ether oxygens (including phenoxy) is 1. The Morgan fingerprint density at radius 3 is 2.76 bits per heavy atom. The van der Waals surface area contributed by atoms with Crippen LogP contribution in [0.2, 0.25) is 0 Å². The number of hydrogen-bond donors (Lipinski definition) is 0. The van der Waals surface area contributed by atoms with Gasteiger partial charge in [-0.3, -0.25) is 9.80 Å². The zero-order valence-electron chi connectivity index (χ0n) is 13.3. The summed E-state index contributed by atoms with van der Waals surface area (Å²) in [6.07, 6.45) is 1.24. The minimum Gasteiger partial charge on any atom is -0.495 e. The van der Waals surface area contributed by atoms with Gasteiger partial charge in [0.25, 0.3) is 0 Å². The maximum Gasteiger partial charge on any atom is 0.136 e. The molecule has 0 amide bonds. The van der Waals surface area contributed by atoms with E-state index in [0.29, 0.717) is 17.4 Å². The molecule has 1 aromatic rings. The van der Waals surface area contributed by atoms with Gasteiger partial charge in [0.2, 0.25) is 0 Å². The van der Waals surface area contributed by atoms with Crippen molar-refractivity contribution in [3.8, 4) is 11.8 Å². The van der Waals surface area contributed by atoms with E-state index in [-0.39, 0.29) is 0 Å². The van der Waals surface area contributed by atoms with Gasteiger partial charge in [-0.1, -0.05) is 19.9 Å². The summed E-state index contributed by atoms with van der Waals surface area (Å²) in [6.45, 7) is 9.87. The van der Waals surface area contributed by atoms with Crippen molar-refractivity contribution in [2.75, 3.05) is 33.3 Å². The number of methoxy groups -OCH3 is 1. The van der Waals surface area contributed by atoms with Gasteiger partial charge in [-0.2, -0.15) is 5.26 Å². The number of nitrogens with zero attached hydrogens (tertiary/aromatic N) is 3. The van der Waals surface area contributed by atoms with E-state index >= 15 is 0 Å². The third-order valence-electron chi connectivity index (χ3n) is 4.37. The highest BCUT2D eigenvalue weighted by molar-refractivity contribution is 5.45. The number of benzene rings is 1. The molecule has 0 aromatic heterocycles. The molecule has 0 bridgehead atoms. The maximum absolute atomic E-state index is 9.16. The Hall–Kier alpha value is -1.57. The molecule has 2 rings (SSSR count). The van der Waals surface area contributed by atoms with Gasteiger partial charge in [0.15, 0.2) is 0 Å². The highest BCUT2D eigenvalue weighted by atomic mass is 16.5. The Bertz CT molecular complexity index is 505. The van der Waals surface area contributed by atoms with E-state index in [9.17, 15) is 0 Å². The van der Waals surface area contributed by atoms with Crippen molar-refractivity contribution in [3.63, 3.8) is 0 Å². The zero-order chi connectivity index (χ0) is 15.2. The summed E-state index contributed by atoms with van der Waals surface area (Å²) >= 11 is 0. The Balaban J connectivity index is 1.99. The van der Waals surface area contributed by atoms with Crippen LogP contribution in [0.3, 0.4) is 0 Å². The molecule has 0 saturated carbocycles. The SMILES string of the molecule is CCN(CC)C1CCN(Cc2ccc(OC)c(C#N)c2)C1. The van der Waals surface area contributed by atoms with Crippen LogP contribution >= 0.6 is 0 Å². The largest absolute Gasteiger partial charge is 0.495 e. The fraction of sp³-hybridized carbons (Fsp3) is 0.588. The van der Waals surface area contributed by atoms with Crippen molar-refractivity contribution in [2.24, 2.45) is 0 Å². The molecule has 1 saturated heterocycles. The smallest absolute Gasteiger partial charge is 0.136 e. The molecule has 1 aromatic carbocycles. The lowest BCUT2D eigenvalue weighted by atomic mass is 10.1. The van der Waals surface area contributed by atoms with Crippen molar-refractivity contribution in [1.29, 1.82) is 5.26 Å². The summed E-state index contributed by atoms with van der Waals surface area (Å²) in [4.78, 5) is 5.01. The first-order chi connectivity index (χ1) is 10.2. The van der Waals surface area contributed by atoms with Crippen LogP contribution in [0.1, 0.15) is 31.4 Å². The van der Waals surface area contributed by atoms with E-state index in [1.807, 2.05) is 12.1 Å². The molecule has 1 aliphatic rings. The minimum atomic E-state index is 0.620. The molecule has 114 valence electrons. The van der Waals surface area contributed by atoms with Crippen molar-refractivity contribution >= 4 is 0 Å². The first kappa shape index (κ1) is 15.8. The normalized spacial score (nSPS) is 18.9. The van der Waals surface area contributed by atoms with Gasteiger partial charge in [0, 0.05) is 25.7 Å². The highest BCUT2D eigenvalue weighted by Gasteiger charge is 2.26. The van der Waals surface area contributed by atoms with E-state index in [2.05, 4.69) is 35.8 Å². The third-order valence-corrected chi connectivity index (χ3v) is 4.37. The van der Waals surface area contributed by atoms with E-state index in [1.165, 1.54) is 12.0 Å². The molecule has 0 N–H and O–H groups in total. The van der Waals surface area contributed by atoms with Gasteiger partial charge >= 0.3 is 0 Å². The van der Waals surface area contributed by atoms with Crippen molar-refractivity contribution in [1.82, 2.24) is 9.80 Å². The van der Waals surface area contributed by atoms with Crippen LogP contribution in [-0.2, 0) is 6.54 Å². The minimum absolute atomic E-state index is 0.620. The zero-order valence-corrected chi connectivity index (χ0v) is 13.3. The summed E-state index contributed by atoms with van der Waals surface area (Å²) in [5.41, 5.74) is 1.81. The quantitative estimate of drug-likeness (QED) is 0.806. The number of likely N-dealkylation sites (tertiary alicyclic amines) is 1. The van der Waals surface area contributed by atoms with E-state index < -0.39 is 0 Å². The first-order valence-corrected chi connectivity index (χ1v) is 7.75. The molecule has 1 unspecified atom stereocenters. The molecule has 4 heteroatoms. The van der Waals surface area contributed by atoms with Crippen molar-refractivity contribution in [2.45, 2.75) is 32.9 Å². The number of rotatable bonds is 6. The number of hydrogen-bond acceptors (Lipinski definition) is 4. The monoisotopic (exact) mass is 287 g/mol. The van der Waals surface area contributed by atoms with Gasteiger partial charge in [-0.05, 0) is 37.2 Å². The van der Waals surface area contributed by atoms with Crippen LogP contribution in [0.25, 0.3) is 0 Å². The molecular formula is C17H25N3O. The van der Waals surface area contributed by atoms with Gasteiger partial charge in [0.05, 0.1) is 12.7 Å². The predicted octanol–water partition coefficient (Wildman–Crippen LogP) is 2.48. The Kier molecular flexibility index (Phi) is 5.60. The lowest BCUT2D eigenvalue weighted by molar-refractivity contribution is 0.209. The van der Waals surface area contributed by atoms with Crippen LogP contribution in [0.5, 0.6) is 5.75 Å². The molecular weight excluding hydrogens is 262 g/mol. The predicted molar refractivity (Wildman–Crippen MR) is 84.3 cm³/mol. The average Bonchev–Trinajstić information content (AvgIpc) is 2.96. The van der Waals surface area contributed by atoms with Crippen LogP contribution in [0.15, 0.2) is 18.2 Å². The second-order valence-corrected chi connectivity index (χ2v) is 5.55. The summed E-state index contributed by atoms with van der Waals surface area (Å²) in [5, 5.41) is 9.16. The van der Waals surface area contributed by atoms with E-state index in [0.717, 1.165) is 32.7 Å². The molecule has 1 aliphatic heterocycles. The average molecular weight is 287 g/mol. The lowest BCUT2D eigenvalue weighted by Crippen LogP contribution is -2.37. The fourth-order valence-electron chi connectivity index (χ4n) is 3.19. The molecule has 0 spiro atoms. The molecule has 0 radical (unpaired) electrons. The van der Waals surface area contributed by atoms with Gasteiger partial charge in [0.1, 0.15) is 11.8 Å². The Morgan fingerprint density at radius 1 is 1.38 bits per heavy atom. The van der Waals surface area contributed by atoms with Gasteiger partial charge < -0.3 is 4.74 Å². The van der Waals surface area contributed by atoms with Gasteiger partial charge in [-0.25, -0.2) is 0 Å². The maximum atomic E-state index is 9.16. The summed E-state index contributed by atoms with van der Waals surface area (Å²) in [5.74, 6) is 0.656. The summed E-state index contributed by atoms with van der Waals surface area (Å²) < 4.78 is 5.20. The summed E-state index contributed by atoms with van der Waals surface area (Å²) in [6, 6.07) is 8.78. The third kappa shape index (κ3) is 3.75. The molecule has 4 nitrogen and oxygen atoms in total. The number of likely N-dealkylation sites (N-methyl/N-ethyl adjacent to an activating group) is 1. The second kappa shape index (κ2) is 7.44. The molecule has 1 fully saturated rings. The van der Waals surface area contributed by atoms with Crippen LogP contribution in [0, 0.1) is 11.3 Å². The van der Waals surface area contributed by atoms with Crippen LogP contribution in [-0.4, -0.2) is 49.1 Å². The van der Waals surface area contributed by atoms with E-state index in [1.54, 1.807) is 7.11 Å². The standard InChI is InChI=1S/C17H25N3O/c1-4-20(5-2)16-8-9-19(13-16)12-14-6-7-17(21-3)15(10-14)11-18/h6-7,10,16H,4-5,8-9,12-13H2,1-3H3. The molecule has 1 heterocycles. The van der Waals surface area contributed by atoms with Crippen LogP contribution < -0.4 is 4.74 Å². The van der Waals surface area contributed by atoms with Crippen molar-refractivity contribution in [3.05, 3.63) is 29.3 Å². The topological polar surface area (TPSA) is 39.5 Å². The Morgan fingerprint density at radius 2 is 2.14 bits per heavy atom. The van der Waals surface area contributed by atoms with Crippen molar-refractivity contribution < 1.29 is 4.74 Å². The van der Waals surface area contributed by atoms with Crippen LogP contribution in [0.4, 0.5) is 0 Å². The van der Waals surface area contributed by atoms with E-state index in [4.69, 9.17) is 10.00 Å². The number of nitriles is 1.